The molecule has 0 rings (SSSR count). The third kappa shape index (κ3) is 53.1. The van der Waals surface area contributed by atoms with Gasteiger partial charge in [0.25, 0.3) is 0 Å². The number of hydrogen-bond acceptors (Lipinski definition) is 21. The van der Waals surface area contributed by atoms with Crippen LogP contribution in [0.2, 0.25) is 0 Å². The van der Waals surface area contributed by atoms with E-state index in [4.69, 9.17) is 66.3 Å². The number of methoxy groups -OCH3 is 2. The van der Waals surface area contributed by atoms with Crippen LogP contribution in [0, 0.1) is 5.41 Å². The lowest BCUT2D eigenvalue weighted by Crippen LogP contribution is -2.52. The van der Waals surface area contributed by atoms with Gasteiger partial charge in [0.1, 0.15) is 6.04 Å². The first-order chi connectivity index (χ1) is 36.8. The van der Waals surface area contributed by atoms with Crippen LogP contribution >= 0.6 is 0 Å². The second kappa shape index (κ2) is 52.8. The second-order valence-corrected chi connectivity index (χ2v) is 17.2. The van der Waals surface area contributed by atoms with Gasteiger partial charge in [0.15, 0.2) is 0 Å². The third-order valence-electron chi connectivity index (χ3n) is 9.15. The fourth-order valence-corrected chi connectivity index (χ4v) is 5.35. The summed E-state index contributed by atoms with van der Waals surface area (Å²) >= 11 is 0. The fourth-order valence-electron chi connectivity index (χ4n) is 5.35. The van der Waals surface area contributed by atoms with E-state index in [0.29, 0.717) is 145 Å². The van der Waals surface area contributed by atoms with Crippen LogP contribution < -0.4 is 37.2 Å². The molecule has 0 bridgehead atoms. The predicted molar refractivity (Wildman–Crippen MR) is 272 cm³/mol. The van der Waals surface area contributed by atoms with Crippen molar-refractivity contribution in [2.45, 2.75) is 39.7 Å². The normalized spacial score (nSPS) is 11.7. The summed E-state index contributed by atoms with van der Waals surface area (Å²) in [4.78, 5) is 85.2. The molecule has 0 aromatic heterocycles. The Morgan fingerprint density at radius 3 is 1.01 bits per heavy atom. The van der Waals surface area contributed by atoms with E-state index in [9.17, 15) is 33.6 Å². The summed E-state index contributed by atoms with van der Waals surface area (Å²) in [6.07, 6.45) is 0.104. The monoisotopic (exact) mass is 1100 g/mol. The van der Waals surface area contributed by atoms with Crippen molar-refractivity contribution in [2.24, 2.45) is 5.41 Å². The first-order valence-corrected chi connectivity index (χ1v) is 25.6. The lowest BCUT2D eigenvalue weighted by molar-refractivity contribution is -0.131. The number of rotatable bonds is 55. The molecule has 0 aromatic carbocycles. The van der Waals surface area contributed by atoms with Gasteiger partial charge in [-0.3, -0.25) is 33.6 Å². The van der Waals surface area contributed by atoms with Gasteiger partial charge in [0.2, 0.25) is 41.4 Å². The van der Waals surface area contributed by atoms with Crippen molar-refractivity contribution in [2.75, 3.05) is 225 Å². The van der Waals surface area contributed by atoms with Crippen molar-refractivity contribution in [1.82, 2.24) is 37.2 Å². The van der Waals surface area contributed by atoms with Crippen LogP contribution in [-0.2, 0) is 99.9 Å². The molecule has 0 spiro atoms. The zero-order valence-electron chi connectivity index (χ0n) is 45.7. The highest BCUT2D eigenvalue weighted by Crippen LogP contribution is 2.12. The zero-order valence-corrected chi connectivity index (χ0v) is 45.7. The minimum Gasteiger partial charge on any atom is -0.382 e. The van der Waals surface area contributed by atoms with E-state index in [1.165, 1.54) is 7.11 Å². The first-order valence-electron chi connectivity index (χ1n) is 25.6. The van der Waals surface area contributed by atoms with Gasteiger partial charge in [-0.25, -0.2) is 0 Å². The molecule has 0 heterocycles. The van der Waals surface area contributed by atoms with Gasteiger partial charge < -0.3 is 104 Å². The number of nitrogens with one attached hydrogen (secondary N) is 7. The molecule has 28 nitrogen and oxygen atoms in total. The van der Waals surface area contributed by atoms with Crippen LogP contribution in [0.25, 0.3) is 0 Å². The van der Waals surface area contributed by atoms with Crippen molar-refractivity contribution in [3.8, 4) is 0 Å². The molecule has 1 unspecified atom stereocenters. The van der Waals surface area contributed by atoms with E-state index in [0.717, 1.165) is 0 Å². The SMILES string of the molecule is COCCOCCOCCOCCOCCOCCOCCOCCOCCOCCOCCOCCNC(=O)C(COC)NC(=O)CNC(=O)CNC(=O)CNC(=O)CNC(=O)CCNC(=O)CCOCC(C)(C)C. The van der Waals surface area contributed by atoms with Crippen LogP contribution in [0.5, 0.6) is 0 Å². The van der Waals surface area contributed by atoms with Crippen LogP contribution in [0.3, 0.4) is 0 Å². The zero-order chi connectivity index (χ0) is 56.0. The Balaban J connectivity index is 3.68. The summed E-state index contributed by atoms with van der Waals surface area (Å²) in [6.45, 7) is 15.2. The van der Waals surface area contributed by atoms with E-state index in [1.54, 1.807) is 7.11 Å². The van der Waals surface area contributed by atoms with Crippen LogP contribution in [0.15, 0.2) is 0 Å². The van der Waals surface area contributed by atoms with Crippen molar-refractivity contribution >= 4 is 41.4 Å². The number of carbonyl (C=O) groups is 7. The molecule has 76 heavy (non-hydrogen) atoms. The average molecular weight is 1100 g/mol. The lowest BCUT2D eigenvalue weighted by atomic mass is 9.99. The molecule has 28 heteroatoms. The molecular formula is C48H91N7O21. The summed E-state index contributed by atoms with van der Waals surface area (Å²) in [5, 5.41) is 17.0. The average Bonchev–Trinajstić information content (AvgIpc) is 3.39. The maximum Gasteiger partial charge on any atom is 0.245 e. The third-order valence-corrected chi connectivity index (χ3v) is 9.15. The Morgan fingerprint density at radius 1 is 0.329 bits per heavy atom. The van der Waals surface area contributed by atoms with Crippen molar-refractivity contribution in [3.05, 3.63) is 0 Å². The fraction of sp³-hybridized carbons (Fsp3) is 0.854. The molecule has 0 radical (unpaired) electrons. The van der Waals surface area contributed by atoms with Gasteiger partial charge in [-0.1, -0.05) is 20.8 Å². The molecule has 0 aliphatic carbocycles. The number of ether oxygens (including phenoxy) is 14. The van der Waals surface area contributed by atoms with Crippen molar-refractivity contribution in [1.29, 1.82) is 0 Å². The highest BCUT2D eigenvalue weighted by atomic mass is 16.6. The maximum absolute atomic E-state index is 12.6. The van der Waals surface area contributed by atoms with E-state index in [2.05, 4.69) is 37.2 Å². The van der Waals surface area contributed by atoms with Gasteiger partial charge in [-0.05, 0) is 5.41 Å². The standard InChI is InChI=1S/C48H91N7O21/c1-48(2,3)39-76-10-7-42(57)49-8-6-41(56)51-34-43(58)52-35-44(59)53-36-45(60)54-37-46(61)55-40(38-64-5)47(62)50-9-11-65-14-15-67-18-19-69-22-23-71-26-27-73-30-31-75-33-32-74-29-28-72-25-24-70-21-20-68-17-16-66-13-12-63-4/h40H,6-39H2,1-5H3,(H,49,57)(H,50,62)(H,51,56)(H,52,58)(H,53,59)(H,54,60)(H,55,61). The van der Waals surface area contributed by atoms with E-state index < -0.39 is 67.7 Å². The summed E-state index contributed by atoms with van der Waals surface area (Å²) in [5.74, 6) is -4.02. The second-order valence-electron chi connectivity index (χ2n) is 17.2. The van der Waals surface area contributed by atoms with Gasteiger partial charge in [-0.15, -0.1) is 0 Å². The Morgan fingerprint density at radius 2 is 0.658 bits per heavy atom. The number of amides is 7. The minimum absolute atomic E-state index is 0.0103. The van der Waals surface area contributed by atoms with Crippen LogP contribution in [0.1, 0.15) is 33.6 Å². The largest absolute Gasteiger partial charge is 0.382 e. The smallest absolute Gasteiger partial charge is 0.245 e. The summed E-state index contributed by atoms with van der Waals surface area (Å²) in [7, 11) is 2.99. The molecule has 0 saturated heterocycles. The summed E-state index contributed by atoms with van der Waals surface area (Å²) < 4.78 is 75.4. The molecule has 0 aliphatic rings. The van der Waals surface area contributed by atoms with Crippen molar-refractivity contribution < 1.29 is 99.9 Å². The molecule has 444 valence electrons. The molecule has 0 saturated carbocycles. The van der Waals surface area contributed by atoms with E-state index >= 15 is 0 Å². The Bertz CT molecular complexity index is 1480. The Kier molecular flexibility index (Phi) is 49.8. The maximum atomic E-state index is 12.6. The molecular weight excluding hydrogens is 1010 g/mol. The highest BCUT2D eigenvalue weighted by molar-refractivity contribution is 5.92. The molecule has 0 aromatic rings. The molecule has 1 atom stereocenters. The summed E-state index contributed by atoms with van der Waals surface area (Å²) in [6, 6.07) is -1.06. The van der Waals surface area contributed by atoms with Gasteiger partial charge in [0.05, 0.1) is 198 Å². The predicted octanol–water partition coefficient (Wildman–Crippen LogP) is -3.51. The van der Waals surface area contributed by atoms with Crippen molar-refractivity contribution in [3.63, 3.8) is 0 Å². The van der Waals surface area contributed by atoms with Gasteiger partial charge in [0, 0.05) is 40.2 Å². The molecule has 0 aliphatic heterocycles. The lowest BCUT2D eigenvalue weighted by Gasteiger charge is -2.18. The number of carbonyl (C=O) groups excluding carboxylic acids is 7. The summed E-state index contributed by atoms with van der Waals surface area (Å²) in [5.41, 5.74) is -0.0103. The quantitative estimate of drug-likeness (QED) is 0.0291. The first kappa shape index (κ1) is 71.7. The molecule has 7 amide bonds. The Labute approximate surface area is 447 Å². The number of hydrogen-bond donors (Lipinski definition) is 7. The van der Waals surface area contributed by atoms with E-state index in [1.807, 2.05) is 20.8 Å². The van der Waals surface area contributed by atoms with Gasteiger partial charge in [-0.2, -0.15) is 0 Å². The topological polar surface area (TPSA) is 333 Å². The Hall–Kier alpha value is -4.27. The van der Waals surface area contributed by atoms with Crippen LogP contribution in [0.4, 0.5) is 0 Å². The highest BCUT2D eigenvalue weighted by Gasteiger charge is 2.21. The minimum atomic E-state index is -1.06. The molecule has 7 N–H and O–H groups in total. The molecule has 0 fully saturated rings. The van der Waals surface area contributed by atoms with Crippen LogP contribution in [-0.4, -0.2) is 273 Å². The van der Waals surface area contributed by atoms with Gasteiger partial charge >= 0.3 is 0 Å². The van der Waals surface area contributed by atoms with E-state index in [-0.39, 0.29) is 63.7 Å².